The second kappa shape index (κ2) is 12.4. The third-order valence-electron chi connectivity index (χ3n) is 4.80. The molecular formula is C24H40Cl2Si2Zr. The SMILES string of the molecule is C=C(CC1=[C]([Zr][C]2=C(CC(=C)C[Si](C)(C)C)C=CC2)CC=C1)C[Si](C)(C)C.Cl.Cl. The molecule has 0 N–H and O–H groups in total. The molecule has 29 heavy (non-hydrogen) atoms. The average Bonchev–Trinajstić information content (AvgIpc) is 3.06. The van der Waals surface area contributed by atoms with Crippen LogP contribution in [0.2, 0.25) is 51.4 Å². The van der Waals surface area contributed by atoms with Crippen LogP contribution in [0.25, 0.3) is 0 Å². The molecule has 162 valence electrons. The van der Waals surface area contributed by atoms with Crippen LogP contribution in [0.1, 0.15) is 25.7 Å². The molecule has 2 aliphatic carbocycles. The summed E-state index contributed by atoms with van der Waals surface area (Å²) in [5.74, 6) is 0. The van der Waals surface area contributed by atoms with Gasteiger partial charge in [-0.3, -0.25) is 0 Å². The zero-order chi connectivity index (χ0) is 20.2. The van der Waals surface area contributed by atoms with E-state index in [1.54, 1.807) is 17.7 Å². The van der Waals surface area contributed by atoms with Crippen molar-refractivity contribution in [1.29, 1.82) is 0 Å². The van der Waals surface area contributed by atoms with Gasteiger partial charge < -0.3 is 0 Å². The molecule has 0 heterocycles. The maximum Gasteiger partial charge on any atom is -0.147 e. The van der Waals surface area contributed by atoms with E-state index < -0.39 is 39.4 Å². The molecule has 0 atom stereocenters. The Balaban J connectivity index is 0.00000392. The summed E-state index contributed by atoms with van der Waals surface area (Å²) < 4.78 is 3.59. The van der Waals surface area contributed by atoms with Crippen LogP contribution in [0, 0.1) is 0 Å². The first-order chi connectivity index (χ1) is 12.4. The van der Waals surface area contributed by atoms with Gasteiger partial charge in [0.1, 0.15) is 0 Å². The van der Waals surface area contributed by atoms with Gasteiger partial charge in [-0.1, -0.05) is 0 Å². The second-order valence-electron chi connectivity index (χ2n) is 10.7. The molecule has 2 aliphatic rings. The Kier molecular flexibility index (Phi) is 12.5. The molecule has 0 aromatic rings. The molecule has 0 aromatic heterocycles. The minimum Gasteiger partial charge on any atom is -0.147 e. The standard InChI is InChI=1S/2C12H19Si.2ClH.Zr/c2*1-11(10-13(2,3)4)9-12-7-5-6-8-12;;;/h2*5,7H,1,6,9-10H2,2-4H3;2*1H;. The molecule has 0 unspecified atom stereocenters. The Hall–Kier alpha value is 0.337. The first-order valence-electron chi connectivity index (χ1n) is 10.3. The fourth-order valence-electron chi connectivity index (χ4n) is 4.04. The smallest absolute Gasteiger partial charge is 0.147 e. The molecule has 5 heteroatoms. The Morgan fingerprint density at radius 1 is 0.759 bits per heavy atom. The quantitative estimate of drug-likeness (QED) is 0.190. The van der Waals surface area contributed by atoms with E-state index in [9.17, 15) is 0 Å². The molecule has 0 spiro atoms. The van der Waals surface area contributed by atoms with Crippen molar-refractivity contribution >= 4 is 41.0 Å². The van der Waals surface area contributed by atoms with Gasteiger partial charge in [0.15, 0.2) is 0 Å². The van der Waals surface area contributed by atoms with Crippen LogP contribution in [-0.2, 0) is 23.2 Å². The molecule has 0 fully saturated rings. The molecule has 0 saturated carbocycles. The van der Waals surface area contributed by atoms with E-state index in [0.29, 0.717) is 0 Å². The van der Waals surface area contributed by atoms with E-state index in [0.717, 1.165) is 12.8 Å². The predicted molar refractivity (Wildman–Crippen MR) is 140 cm³/mol. The van der Waals surface area contributed by atoms with Crippen molar-refractivity contribution in [3.63, 3.8) is 0 Å². The summed E-state index contributed by atoms with van der Waals surface area (Å²) in [6.45, 7) is 23.5. The van der Waals surface area contributed by atoms with Gasteiger partial charge in [-0.2, -0.15) is 0 Å². The zero-order valence-electron chi connectivity index (χ0n) is 19.3. The minimum absolute atomic E-state index is 0. The monoisotopic (exact) mass is 544 g/mol. The molecule has 0 nitrogen and oxygen atoms in total. The fraction of sp³-hybridized carbons (Fsp3) is 0.500. The van der Waals surface area contributed by atoms with Crippen LogP contribution in [0.5, 0.6) is 0 Å². The topological polar surface area (TPSA) is 0 Å². The number of rotatable bonds is 10. The maximum absolute atomic E-state index is 4.41. The first kappa shape index (κ1) is 29.3. The summed E-state index contributed by atoms with van der Waals surface area (Å²) in [5.41, 5.74) is 6.14. The molecule has 0 amide bonds. The van der Waals surface area contributed by atoms with Gasteiger partial charge in [0.05, 0.1) is 0 Å². The molecular weight excluding hydrogens is 507 g/mol. The third kappa shape index (κ3) is 11.0. The maximum atomic E-state index is 4.41. The molecule has 0 saturated heterocycles. The number of allylic oxidation sites excluding steroid dienone is 10. The molecule has 2 rings (SSSR count). The largest absolute Gasteiger partial charge is 0.147 e. The molecule has 0 aromatic carbocycles. The Morgan fingerprint density at radius 3 is 1.41 bits per heavy atom. The van der Waals surface area contributed by atoms with Gasteiger partial charge >= 0.3 is 183 Å². The molecule has 0 radical (unpaired) electrons. The summed E-state index contributed by atoms with van der Waals surface area (Å²) in [4.78, 5) is 0. The van der Waals surface area contributed by atoms with Crippen molar-refractivity contribution < 1.29 is 23.2 Å². The third-order valence-corrected chi connectivity index (χ3v) is 12.0. The van der Waals surface area contributed by atoms with Gasteiger partial charge in [-0.25, -0.2) is 0 Å². The van der Waals surface area contributed by atoms with Crippen LogP contribution in [0.4, 0.5) is 0 Å². The second-order valence-corrected chi connectivity index (χ2v) is 25.2. The van der Waals surface area contributed by atoms with Crippen molar-refractivity contribution in [2.75, 3.05) is 0 Å². The van der Waals surface area contributed by atoms with Gasteiger partial charge in [0.2, 0.25) is 0 Å². The van der Waals surface area contributed by atoms with Crippen LogP contribution in [0.3, 0.4) is 0 Å². The first-order valence-corrected chi connectivity index (χ1v) is 20.2. The predicted octanol–water partition coefficient (Wildman–Crippen LogP) is 8.91. The number of hydrogen-bond donors (Lipinski definition) is 0. The Bertz CT molecular complexity index is 667. The molecule has 0 bridgehead atoms. The van der Waals surface area contributed by atoms with Crippen molar-refractivity contribution in [3.8, 4) is 0 Å². The van der Waals surface area contributed by atoms with Gasteiger partial charge in [-0.05, 0) is 0 Å². The van der Waals surface area contributed by atoms with E-state index in [1.807, 2.05) is 0 Å². The van der Waals surface area contributed by atoms with E-state index in [-0.39, 0.29) is 24.8 Å². The number of halogens is 2. The van der Waals surface area contributed by atoms with Crippen molar-refractivity contribution in [1.82, 2.24) is 0 Å². The van der Waals surface area contributed by atoms with Gasteiger partial charge in [-0.15, -0.1) is 24.8 Å². The fourth-order valence-corrected chi connectivity index (χ4v) is 10.9. The van der Waals surface area contributed by atoms with Crippen LogP contribution in [-0.4, -0.2) is 16.1 Å². The summed E-state index contributed by atoms with van der Waals surface area (Å²) >= 11 is -0.655. The van der Waals surface area contributed by atoms with Gasteiger partial charge in [0.25, 0.3) is 0 Å². The van der Waals surface area contributed by atoms with Gasteiger partial charge in [0, 0.05) is 0 Å². The number of hydrogen-bond acceptors (Lipinski definition) is 0. The van der Waals surface area contributed by atoms with Crippen LogP contribution in [0.15, 0.2) is 66.3 Å². The summed E-state index contributed by atoms with van der Waals surface area (Å²) in [7, 11) is -2.11. The molecule has 0 aliphatic heterocycles. The minimum atomic E-state index is -1.06. The Morgan fingerprint density at radius 2 is 1.10 bits per heavy atom. The van der Waals surface area contributed by atoms with E-state index >= 15 is 0 Å². The summed E-state index contributed by atoms with van der Waals surface area (Å²) in [5, 5.41) is 0. The summed E-state index contributed by atoms with van der Waals surface area (Å²) in [6.07, 6.45) is 14.2. The average molecular weight is 547 g/mol. The van der Waals surface area contributed by atoms with E-state index in [2.05, 4.69) is 76.7 Å². The van der Waals surface area contributed by atoms with E-state index in [1.165, 1.54) is 36.1 Å². The van der Waals surface area contributed by atoms with Crippen molar-refractivity contribution in [2.24, 2.45) is 0 Å². The van der Waals surface area contributed by atoms with Crippen LogP contribution >= 0.6 is 24.8 Å². The Labute approximate surface area is 206 Å². The summed E-state index contributed by atoms with van der Waals surface area (Å²) in [6, 6.07) is 2.52. The van der Waals surface area contributed by atoms with Crippen LogP contribution < -0.4 is 0 Å². The zero-order valence-corrected chi connectivity index (χ0v) is 25.4. The van der Waals surface area contributed by atoms with Crippen molar-refractivity contribution in [3.05, 3.63) is 66.3 Å². The van der Waals surface area contributed by atoms with Crippen molar-refractivity contribution in [2.45, 2.75) is 77.1 Å². The normalized spacial score (nSPS) is 16.1. The van der Waals surface area contributed by atoms with E-state index in [4.69, 9.17) is 0 Å².